The van der Waals surface area contributed by atoms with E-state index in [2.05, 4.69) is 10.3 Å². The van der Waals surface area contributed by atoms with Crippen LogP contribution in [0.5, 0.6) is 5.75 Å². The van der Waals surface area contributed by atoms with Crippen LogP contribution >= 0.6 is 11.6 Å². The molecule has 0 unspecified atom stereocenters. The van der Waals surface area contributed by atoms with Crippen LogP contribution < -0.4 is 10.1 Å². The van der Waals surface area contributed by atoms with Crippen molar-refractivity contribution >= 4 is 29.2 Å². The molecule has 6 nitrogen and oxygen atoms in total. The van der Waals surface area contributed by atoms with E-state index in [1.54, 1.807) is 18.2 Å². The largest absolute Gasteiger partial charge is 0.481 e. The lowest BCUT2D eigenvalue weighted by Gasteiger charge is -2.11. The standard InChI is InChI=1S/C21H17ClN2O4/c22-21-17(10-6-12-23-21)24-19(25)13-28-20(26)14-27-18-11-5-4-9-16(18)15-7-2-1-3-8-15/h1-12H,13-14H2,(H,24,25). The molecule has 2 aromatic carbocycles. The number of ether oxygens (including phenoxy) is 2. The van der Waals surface area contributed by atoms with Crippen molar-refractivity contribution in [1.82, 2.24) is 4.98 Å². The molecule has 3 aromatic rings. The first-order valence-corrected chi connectivity index (χ1v) is 8.84. The third kappa shape index (κ3) is 5.31. The third-order valence-corrected chi connectivity index (χ3v) is 4.02. The molecule has 0 saturated carbocycles. The first kappa shape index (κ1) is 19.4. The quantitative estimate of drug-likeness (QED) is 0.483. The molecule has 0 saturated heterocycles. The van der Waals surface area contributed by atoms with E-state index in [4.69, 9.17) is 21.1 Å². The van der Waals surface area contributed by atoms with E-state index in [1.807, 2.05) is 48.5 Å². The Labute approximate surface area is 167 Å². The highest BCUT2D eigenvalue weighted by Crippen LogP contribution is 2.29. The number of anilines is 1. The first-order valence-electron chi connectivity index (χ1n) is 8.47. The summed E-state index contributed by atoms with van der Waals surface area (Å²) in [6.45, 7) is -0.765. The summed E-state index contributed by atoms with van der Waals surface area (Å²) >= 11 is 5.86. The highest BCUT2D eigenvalue weighted by Gasteiger charge is 2.12. The molecule has 0 bridgehead atoms. The molecule has 7 heteroatoms. The molecule has 0 aliphatic rings. The van der Waals surface area contributed by atoms with Gasteiger partial charge in [-0.15, -0.1) is 0 Å². The zero-order valence-electron chi connectivity index (χ0n) is 14.8. The van der Waals surface area contributed by atoms with E-state index in [0.717, 1.165) is 11.1 Å². The van der Waals surface area contributed by atoms with Crippen molar-refractivity contribution in [2.75, 3.05) is 18.5 Å². The highest BCUT2D eigenvalue weighted by molar-refractivity contribution is 6.32. The number of pyridine rings is 1. The third-order valence-electron chi connectivity index (χ3n) is 3.71. The van der Waals surface area contributed by atoms with Crippen LogP contribution in [0.3, 0.4) is 0 Å². The average molecular weight is 397 g/mol. The van der Waals surface area contributed by atoms with Gasteiger partial charge in [-0.05, 0) is 23.8 Å². The van der Waals surface area contributed by atoms with Crippen molar-refractivity contribution in [3.8, 4) is 16.9 Å². The Hall–Kier alpha value is -3.38. The predicted octanol–water partition coefficient (Wildman–Crippen LogP) is 3.96. The van der Waals surface area contributed by atoms with Gasteiger partial charge in [-0.3, -0.25) is 4.79 Å². The van der Waals surface area contributed by atoms with E-state index in [9.17, 15) is 9.59 Å². The maximum Gasteiger partial charge on any atom is 0.344 e. The van der Waals surface area contributed by atoms with E-state index in [0.29, 0.717) is 11.4 Å². The van der Waals surface area contributed by atoms with E-state index in [-0.39, 0.29) is 11.8 Å². The van der Waals surface area contributed by atoms with Gasteiger partial charge in [0.1, 0.15) is 5.75 Å². The minimum absolute atomic E-state index is 0.156. The van der Waals surface area contributed by atoms with Crippen LogP contribution in [0.2, 0.25) is 5.15 Å². The van der Waals surface area contributed by atoms with E-state index in [1.165, 1.54) is 6.20 Å². The molecule has 0 spiro atoms. The van der Waals surface area contributed by atoms with Gasteiger partial charge in [-0.25, -0.2) is 9.78 Å². The summed E-state index contributed by atoms with van der Waals surface area (Å²) in [4.78, 5) is 27.6. The first-order chi connectivity index (χ1) is 13.6. The molecule has 28 heavy (non-hydrogen) atoms. The topological polar surface area (TPSA) is 77.5 Å². The molecule has 0 aliphatic heterocycles. The molecule has 0 radical (unpaired) electrons. The molecule has 1 aromatic heterocycles. The van der Waals surface area contributed by atoms with Crippen LogP contribution in [0.4, 0.5) is 5.69 Å². The lowest BCUT2D eigenvalue weighted by Crippen LogP contribution is -2.24. The van der Waals surface area contributed by atoms with Gasteiger partial charge in [-0.2, -0.15) is 0 Å². The molecule has 0 aliphatic carbocycles. The number of hydrogen-bond acceptors (Lipinski definition) is 5. The zero-order chi connectivity index (χ0) is 19.8. The van der Waals surface area contributed by atoms with E-state index < -0.39 is 18.5 Å². The van der Waals surface area contributed by atoms with Crippen LogP contribution in [-0.4, -0.2) is 30.1 Å². The Morgan fingerprint density at radius 3 is 2.46 bits per heavy atom. The van der Waals surface area contributed by atoms with Crippen LogP contribution in [0.25, 0.3) is 11.1 Å². The molecule has 3 rings (SSSR count). The van der Waals surface area contributed by atoms with Crippen LogP contribution in [0.15, 0.2) is 72.9 Å². The molecule has 1 amide bonds. The summed E-state index contributed by atoms with van der Waals surface area (Å²) in [5, 5.41) is 2.67. The van der Waals surface area contributed by atoms with Crippen LogP contribution in [-0.2, 0) is 14.3 Å². The number of nitrogens with one attached hydrogen (secondary N) is 1. The molecular formula is C21H17ClN2O4. The fourth-order valence-corrected chi connectivity index (χ4v) is 2.61. The van der Waals surface area contributed by atoms with Crippen molar-refractivity contribution in [3.63, 3.8) is 0 Å². The Morgan fingerprint density at radius 2 is 1.68 bits per heavy atom. The smallest absolute Gasteiger partial charge is 0.344 e. The molecule has 1 heterocycles. The summed E-state index contributed by atoms with van der Waals surface area (Å²) < 4.78 is 10.5. The molecular weight excluding hydrogens is 380 g/mol. The minimum atomic E-state index is -0.657. The van der Waals surface area contributed by atoms with Crippen molar-refractivity contribution < 1.29 is 19.1 Å². The number of carbonyl (C=O) groups excluding carboxylic acids is 2. The van der Waals surface area contributed by atoms with E-state index >= 15 is 0 Å². The maximum atomic E-state index is 11.9. The Morgan fingerprint density at radius 1 is 0.929 bits per heavy atom. The van der Waals surface area contributed by atoms with Gasteiger partial charge < -0.3 is 14.8 Å². The van der Waals surface area contributed by atoms with Crippen molar-refractivity contribution in [1.29, 1.82) is 0 Å². The molecule has 1 N–H and O–H groups in total. The van der Waals surface area contributed by atoms with Crippen molar-refractivity contribution in [2.24, 2.45) is 0 Å². The maximum absolute atomic E-state index is 11.9. The van der Waals surface area contributed by atoms with Crippen molar-refractivity contribution in [2.45, 2.75) is 0 Å². The lowest BCUT2D eigenvalue weighted by molar-refractivity contribution is -0.149. The molecule has 142 valence electrons. The zero-order valence-corrected chi connectivity index (χ0v) is 15.6. The number of halogens is 1. The van der Waals surface area contributed by atoms with Crippen LogP contribution in [0.1, 0.15) is 0 Å². The van der Waals surface area contributed by atoms with Gasteiger partial charge in [0.15, 0.2) is 18.4 Å². The van der Waals surface area contributed by atoms with Crippen LogP contribution in [0, 0.1) is 0 Å². The number of esters is 1. The fraction of sp³-hybridized carbons (Fsp3) is 0.0952. The van der Waals surface area contributed by atoms with Gasteiger partial charge in [0.05, 0.1) is 5.69 Å². The second-order valence-electron chi connectivity index (χ2n) is 5.70. The summed E-state index contributed by atoms with van der Waals surface area (Å²) in [5.74, 6) is -0.625. The number of benzene rings is 2. The fourth-order valence-electron chi connectivity index (χ4n) is 2.44. The number of aromatic nitrogens is 1. The predicted molar refractivity (Wildman–Crippen MR) is 106 cm³/mol. The minimum Gasteiger partial charge on any atom is -0.481 e. The molecule has 0 fully saturated rings. The number of rotatable bonds is 7. The Kier molecular flexibility index (Phi) is 6.59. The van der Waals surface area contributed by atoms with Gasteiger partial charge in [0, 0.05) is 11.8 Å². The summed E-state index contributed by atoms with van der Waals surface area (Å²) in [6, 6.07) is 20.3. The summed E-state index contributed by atoms with van der Waals surface area (Å²) in [7, 11) is 0. The lowest BCUT2D eigenvalue weighted by atomic mass is 10.1. The summed E-state index contributed by atoms with van der Waals surface area (Å²) in [6.07, 6.45) is 1.50. The second-order valence-corrected chi connectivity index (χ2v) is 6.06. The number of nitrogens with zero attached hydrogens (tertiary/aromatic N) is 1. The average Bonchev–Trinajstić information content (AvgIpc) is 2.73. The Balaban J connectivity index is 1.51. The van der Waals surface area contributed by atoms with Gasteiger partial charge in [0.25, 0.3) is 5.91 Å². The van der Waals surface area contributed by atoms with Crippen molar-refractivity contribution in [3.05, 3.63) is 78.1 Å². The Bertz CT molecular complexity index is 963. The second kappa shape index (κ2) is 9.53. The van der Waals surface area contributed by atoms with Gasteiger partial charge in [-0.1, -0.05) is 60.1 Å². The number of para-hydroxylation sites is 1. The van der Waals surface area contributed by atoms with Gasteiger partial charge in [0.2, 0.25) is 0 Å². The monoisotopic (exact) mass is 396 g/mol. The highest BCUT2D eigenvalue weighted by atomic mass is 35.5. The number of carbonyl (C=O) groups is 2. The van der Waals surface area contributed by atoms with Gasteiger partial charge >= 0.3 is 5.97 Å². The SMILES string of the molecule is O=C(COC(=O)COc1ccccc1-c1ccccc1)Nc1cccnc1Cl. The number of hydrogen-bond donors (Lipinski definition) is 1. The summed E-state index contributed by atoms with van der Waals surface area (Å²) in [5.41, 5.74) is 2.18. The molecule has 0 atom stereocenters. The normalized spacial score (nSPS) is 10.2. The number of amides is 1.